The second kappa shape index (κ2) is 18.3. The molecule has 1 aromatic heterocycles. The summed E-state index contributed by atoms with van der Waals surface area (Å²) in [5.41, 5.74) is 0.522. The molecule has 2 rings (SSSR count). The van der Waals surface area contributed by atoms with Gasteiger partial charge in [0.15, 0.2) is 0 Å². The van der Waals surface area contributed by atoms with Crippen molar-refractivity contribution in [1.82, 2.24) is 9.62 Å². The van der Waals surface area contributed by atoms with Crippen molar-refractivity contribution < 1.29 is 21.6 Å². The molecule has 0 aromatic carbocycles. The number of nitrogens with one attached hydrogen (secondary N) is 1. The Hall–Kier alpha value is -0.850. The van der Waals surface area contributed by atoms with E-state index in [1.54, 1.807) is 7.11 Å². The monoisotopic (exact) mass is 661 g/mol. The van der Waals surface area contributed by atoms with Crippen LogP contribution in [0.3, 0.4) is 0 Å². The summed E-state index contributed by atoms with van der Waals surface area (Å²) >= 11 is 0.813. The molecule has 6 atom stereocenters. The van der Waals surface area contributed by atoms with E-state index in [4.69, 9.17) is 4.74 Å². The number of unbranched alkanes of at least 4 members (excludes halogenated alkanes) is 1. The summed E-state index contributed by atoms with van der Waals surface area (Å²) in [6.45, 7) is 17.6. The predicted octanol–water partition coefficient (Wildman–Crippen LogP) is 7.52. The normalized spacial score (nSPS) is 21.0. The van der Waals surface area contributed by atoms with Gasteiger partial charge in [-0.2, -0.15) is 17.1 Å². The number of fused-ring (bicyclic) bond motifs is 1. The van der Waals surface area contributed by atoms with E-state index in [0.717, 1.165) is 42.4 Å². The summed E-state index contributed by atoms with van der Waals surface area (Å²) in [4.78, 5) is 0. The maximum absolute atomic E-state index is 13.4. The molecule has 250 valence electrons. The molecular formula is C32H59N3O5S3. The zero-order valence-corrected chi connectivity index (χ0v) is 30.4. The Morgan fingerprint density at radius 3 is 2.28 bits per heavy atom. The van der Waals surface area contributed by atoms with Crippen LogP contribution >= 0.6 is 11.3 Å². The molecule has 0 spiro atoms. The van der Waals surface area contributed by atoms with Gasteiger partial charge in [-0.1, -0.05) is 80.6 Å². The van der Waals surface area contributed by atoms with Crippen LogP contribution in [0.25, 0.3) is 0 Å². The van der Waals surface area contributed by atoms with Gasteiger partial charge in [-0.3, -0.25) is 0 Å². The molecule has 0 bridgehead atoms. The quantitative estimate of drug-likeness (QED) is 0.108. The Morgan fingerprint density at radius 2 is 1.72 bits per heavy atom. The van der Waals surface area contributed by atoms with Crippen LogP contribution in [0.4, 0.5) is 0 Å². The highest BCUT2D eigenvalue weighted by atomic mass is 32.3. The summed E-state index contributed by atoms with van der Waals surface area (Å²) in [5, 5.41) is 3.32. The van der Waals surface area contributed by atoms with E-state index in [2.05, 4.69) is 51.3 Å². The van der Waals surface area contributed by atoms with Crippen LogP contribution in [0.1, 0.15) is 118 Å². The highest BCUT2D eigenvalue weighted by Gasteiger charge is 2.40. The number of sulfonamides is 2. The molecule has 1 aliphatic heterocycles. The van der Waals surface area contributed by atoms with Crippen molar-refractivity contribution >= 4 is 37.6 Å². The Labute approximate surface area is 267 Å². The molecule has 0 saturated carbocycles. The maximum Gasteiger partial charge on any atom is 0.291 e. The highest BCUT2D eigenvalue weighted by Crippen LogP contribution is 2.42. The molecule has 0 amide bonds. The van der Waals surface area contributed by atoms with Crippen molar-refractivity contribution in [3.63, 3.8) is 0 Å². The van der Waals surface area contributed by atoms with Gasteiger partial charge in [0.2, 0.25) is 0 Å². The number of rotatable bonds is 21. The molecular weight excluding hydrogens is 603 g/mol. The van der Waals surface area contributed by atoms with Gasteiger partial charge >= 0.3 is 0 Å². The summed E-state index contributed by atoms with van der Waals surface area (Å²) < 4.78 is 63.8. The fourth-order valence-corrected chi connectivity index (χ4v) is 12.0. The number of methoxy groups -OCH3 is 1. The van der Waals surface area contributed by atoms with Crippen LogP contribution in [-0.4, -0.2) is 60.7 Å². The van der Waals surface area contributed by atoms with E-state index in [1.807, 2.05) is 6.92 Å². The van der Waals surface area contributed by atoms with Gasteiger partial charge in [0.25, 0.3) is 20.0 Å². The lowest BCUT2D eigenvalue weighted by atomic mass is 9.66. The Balaban J connectivity index is 2.15. The average Bonchev–Trinajstić information content (AvgIpc) is 3.46. The van der Waals surface area contributed by atoms with E-state index in [9.17, 15) is 16.8 Å². The molecule has 5 unspecified atom stereocenters. The smallest absolute Gasteiger partial charge is 0.291 e. The number of likely N-dealkylation sites (N-methyl/N-ethyl adjacent to an activating group) is 1. The van der Waals surface area contributed by atoms with Gasteiger partial charge in [0, 0.05) is 44.6 Å². The zero-order valence-electron chi connectivity index (χ0n) is 28.0. The fraction of sp³-hybridized carbons (Fsp3) is 0.844. The first-order chi connectivity index (χ1) is 20.5. The van der Waals surface area contributed by atoms with Crippen LogP contribution in [-0.2, 0) is 24.8 Å². The van der Waals surface area contributed by atoms with Gasteiger partial charge in [-0.05, 0) is 67.9 Å². The minimum Gasteiger partial charge on any atom is -0.385 e. The fourth-order valence-electron chi connectivity index (χ4n) is 7.21. The molecule has 0 fully saturated rings. The lowest BCUT2D eigenvalue weighted by molar-refractivity contribution is 0.101. The summed E-state index contributed by atoms with van der Waals surface area (Å²) in [6.07, 6.45) is 10.6. The van der Waals surface area contributed by atoms with E-state index < -0.39 is 20.0 Å². The Morgan fingerprint density at radius 1 is 1.05 bits per heavy atom. The van der Waals surface area contributed by atoms with Gasteiger partial charge in [-0.15, -0.1) is 11.3 Å². The minimum atomic E-state index is -4.00. The van der Waals surface area contributed by atoms with Gasteiger partial charge in [0.05, 0.1) is 0 Å². The van der Waals surface area contributed by atoms with Gasteiger partial charge in [-0.25, -0.2) is 8.42 Å². The van der Waals surface area contributed by atoms with Crippen LogP contribution < -0.4 is 5.32 Å². The second-order valence-electron chi connectivity index (χ2n) is 12.1. The van der Waals surface area contributed by atoms with E-state index in [-0.39, 0.29) is 21.0 Å². The molecule has 2 heterocycles. The topological polar surface area (TPSA) is 105 Å². The third kappa shape index (κ3) is 9.82. The molecule has 11 heteroatoms. The van der Waals surface area contributed by atoms with Crippen LogP contribution in [0.2, 0.25) is 0 Å². The molecule has 0 radical (unpaired) electrons. The predicted molar refractivity (Wildman–Crippen MR) is 180 cm³/mol. The first kappa shape index (κ1) is 38.3. The van der Waals surface area contributed by atoms with Crippen molar-refractivity contribution in [3.8, 4) is 0 Å². The van der Waals surface area contributed by atoms with Crippen molar-refractivity contribution in [1.29, 1.82) is 0 Å². The standard InChI is InChI=1S/C32H59N3O5S3/c1-9-24(7)26(11-3)28(13-5)27(12-4)25(10-2)18-15-16-19-34-42(36,37)31-22-29-30(33-14-6)23-35(20-17-21-40-8)43(38,39)32(29)41-31/h19,22,24-28,30,33H,9-18,20-21,23H2,1-8H3/b34-19+/t24?,25?,26?,27?,28?,30-/m0/s1. The number of thiophene rings is 1. The number of ether oxygens (including phenoxy) is 1. The molecule has 8 nitrogen and oxygen atoms in total. The van der Waals surface area contributed by atoms with Crippen molar-refractivity contribution in [2.45, 2.75) is 121 Å². The summed E-state index contributed by atoms with van der Waals surface area (Å²) in [7, 11) is -6.20. The molecule has 1 aliphatic rings. The third-order valence-electron chi connectivity index (χ3n) is 9.64. The van der Waals surface area contributed by atoms with Crippen molar-refractivity contribution in [2.24, 2.45) is 34.0 Å². The van der Waals surface area contributed by atoms with E-state index in [1.165, 1.54) is 42.3 Å². The summed E-state index contributed by atoms with van der Waals surface area (Å²) in [6, 6.07) is 1.24. The largest absolute Gasteiger partial charge is 0.385 e. The van der Waals surface area contributed by atoms with Crippen molar-refractivity contribution in [2.75, 3.05) is 33.4 Å². The van der Waals surface area contributed by atoms with Crippen LogP contribution in [0, 0.1) is 29.6 Å². The first-order valence-corrected chi connectivity index (χ1v) is 20.3. The molecule has 43 heavy (non-hydrogen) atoms. The lowest BCUT2D eigenvalue weighted by Crippen LogP contribution is -2.43. The second-order valence-corrected chi connectivity index (χ2v) is 17.1. The molecule has 0 saturated heterocycles. The summed E-state index contributed by atoms with van der Waals surface area (Å²) in [5.74, 6) is 3.47. The van der Waals surface area contributed by atoms with Gasteiger partial charge < -0.3 is 10.1 Å². The number of hydrogen-bond donors (Lipinski definition) is 1. The van der Waals surface area contributed by atoms with Gasteiger partial charge in [0.1, 0.15) is 8.42 Å². The van der Waals surface area contributed by atoms with E-state index in [0.29, 0.717) is 55.9 Å². The zero-order chi connectivity index (χ0) is 32.2. The first-order valence-electron chi connectivity index (χ1n) is 16.6. The Kier molecular flexibility index (Phi) is 16.3. The number of nitrogens with zero attached hydrogens (tertiary/aromatic N) is 2. The number of hydrogen-bond acceptors (Lipinski definition) is 7. The molecule has 1 aromatic rings. The third-order valence-corrected chi connectivity index (χ3v) is 14.9. The van der Waals surface area contributed by atoms with E-state index >= 15 is 0 Å². The highest BCUT2D eigenvalue weighted by molar-refractivity contribution is 7.94. The van der Waals surface area contributed by atoms with Crippen molar-refractivity contribution in [3.05, 3.63) is 11.6 Å². The molecule has 1 N–H and O–H groups in total. The average molecular weight is 662 g/mol. The molecule has 0 aliphatic carbocycles. The minimum absolute atomic E-state index is 0.0158. The SMILES string of the molecule is CCN[C@H]1CN(CCCOC)S(=O)(=O)c2sc(S(=O)(=O)/N=C/CCCC(CC)C(CC)C(CC)C(CC)C(C)CC)cc21. The van der Waals surface area contributed by atoms with Crippen LogP contribution in [0.15, 0.2) is 18.9 Å². The maximum atomic E-state index is 13.4. The Bertz CT molecular complexity index is 1200. The lowest BCUT2D eigenvalue weighted by Gasteiger charge is -2.39. The van der Waals surface area contributed by atoms with Crippen LogP contribution in [0.5, 0.6) is 0 Å².